The van der Waals surface area contributed by atoms with Gasteiger partial charge in [-0.1, -0.05) is 11.6 Å². The molecule has 1 aromatic carbocycles. The lowest BCUT2D eigenvalue weighted by atomic mass is 9.97. The van der Waals surface area contributed by atoms with E-state index in [0.717, 1.165) is 29.5 Å². The number of ether oxygens (including phenoxy) is 2. The smallest absolute Gasteiger partial charge is 0.259 e. The van der Waals surface area contributed by atoms with Crippen molar-refractivity contribution in [2.45, 2.75) is 31.4 Å². The second kappa shape index (κ2) is 9.50. The average Bonchev–Trinajstić information content (AvgIpc) is 3.13. The number of thiophene rings is 1. The number of carbonyl (C=O) groups excluding carboxylic acids is 1. The fourth-order valence-corrected chi connectivity index (χ4v) is 5.86. The molecule has 0 aliphatic heterocycles. The highest BCUT2D eigenvalue weighted by Crippen LogP contribution is 2.36. The van der Waals surface area contributed by atoms with Crippen molar-refractivity contribution in [3.63, 3.8) is 0 Å². The van der Waals surface area contributed by atoms with Crippen molar-refractivity contribution < 1.29 is 14.3 Å². The minimum absolute atomic E-state index is 0.0811. The molecule has 4 rings (SSSR count). The average molecular weight is 480 g/mol. The second-order valence-electron chi connectivity index (χ2n) is 7.13. The molecular formula is C21H22ClN3O4S2. The quantitative estimate of drug-likeness (QED) is 0.521. The Balaban J connectivity index is 1.41. The summed E-state index contributed by atoms with van der Waals surface area (Å²) >= 11 is 9.10. The Morgan fingerprint density at radius 1 is 1.26 bits per heavy atom. The summed E-state index contributed by atoms with van der Waals surface area (Å²) in [4.78, 5) is 34.6. The zero-order chi connectivity index (χ0) is 22.0. The molecule has 10 heteroatoms. The molecule has 2 heterocycles. The number of hydrogen-bond acceptors (Lipinski definition) is 7. The molecular weight excluding hydrogens is 458 g/mol. The van der Waals surface area contributed by atoms with Crippen LogP contribution < -0.4 is 20.3 Å². The van der Waals surface area contributed by atoms with E-state index in [1.54, 1.807) is 23.5 Å². The van der Waals surface area contributed by atoms with Gasteiger partial charge in [0.15, 0.2) is 0 Å². The van der Waals surface area contributed by atoms with Crippen molar-refractivity contribution in [3.05, 3.63) is 43.8 Å². The van der Waals surface area contributed by atoms with Gasteiger partial charge in [-0.2, -0.15) is 0 Å². The SMILES string of the molecule is COc1cc(NC(=O)CSCc2nc3sc4c(c3c(=O)[nH]2)CCCC4)c(OC)cc1Cl. The lowest BCUT2D eigenvalue weighted by molar-refractivity contribution is -0.113. The van der Waals surface area contributed by atoms with Crippen LogP contribution in [0.4, 0.5) is 5.69 Å². The van der Waals surface area contributed by atoms with Gasteiger partial charge in [0.25, 0.3) is 5.56 Å². The number of halogens is 1. The van der Waals surface area contributed by atoms with Gasteiger partial charge in [0.1, 0.15) is 22.2 Å². The summed E-state index contributed by atoms with van der Waals surface area (Å²) in [7, 11) is 3.01. The summed E-state index contributed by atoms with van der Waals surface area (Å²) in [5, 5.41) is 3.95. The Kier molecular flexibility index (Phi) is 6.74. The van der Waals surface area contributed by atoms with Crippen LogP contribution in [-0.4, -0.2) is 35.8 Å². The topological polar surface area (TPSA) is 93.3 Å². The van der Waals surface area contributed by atoms with Gasteiger partial charge in [-0.3, -0.25) is 9.59 Å². The van der Waals surface area contributed by atoms with Crippen LogP contribution in [-0.2, 0) is 23.4 Å². The number of anilines is 1. The van der Waals surface area contributed by atoms with Crippen molar-refractivity contribution in [2.75, 3.05) is 25.3 Å². The van der Waals surface area contributed by atoms with E-state index in [1.165, 1.54) is 42.8 Å². The van der Waals surface area contributed by atoms with Crippen LogP contribution in [0.15, 0.2) is 16.9 Å². The maximum Gasteiger partial charge on any atom is 0.259 e. The fraction of sp³-hybridized carbons (Fsp3) is 0.381. The molecule has 0 fully saturated rings. The molecule has 1 aliphatic rings. The lowest BCUT2D eigenvalue weighted by Gasteiger charge is -2.13. The summed E-state index contributed by atoms with van der Waals surface area (Å²) in [6.45, 7) is 0. The number of nitrogens with zero attached hydrogens (tertiary/aromatic N) is 1. The summed E-state index contributed by atoms with van der Waals surface area (Å²) in [5.41, 5.74) is 1.57. The third-order valence-electron chi connectivity index (χ3n) is 5.09. The van der Waals surface area contributed by atoms with Gasteiger partial charge >= 0.3 is 0 Å². The van der Waals surface area contributed by atoms with Gasteiger partial charge in [-0.25, -0.2) is 4.98 Å². The first-order valence-electron chi connectivity index (χ1n) is 9.82. The molecule has 1 amide bonds. The standard InChI is InChI=1S/C21H22ClN3O4S2/c1-28-14-8-13(15(29-2)7-12(14)22)23-18(26)10-30-9-17-24-20(27)19-11-5-3-4-6-16(11)31-21(19)25-17/h7-8H,3-6,9-10H2,1-2H3,(H,23,26)(H,24,25,27). The summed E-state index contributed by atoms with van der Waals surface area (Å²) in [6, 6.07) is 3.21. The Morgan fingerprint density at radius 2 is 2.03 bits per heavy atom. The molecule has 2 N–H and O–H groups in total. The number of aromatic amines is 1. The lowest BCUT2D eigenvalue weighted by Crippen LogP contribution is -2.16. The zero-order valence-electron chi connectivity index (χ0n) is 17.2. The molecule has 0 radical (unpaired) electrons. The molecule has 0 saturated carbocycles. The second-order valence-corrected chi connectivity index (χ2v) is 9.61. The highest BCUT2D eigenvalue weighted by Gasteiger charge is 2.20. The first-order valence-corrected chi connectivity index (χ1v) is 12.2. The summed E-state index contributed by atoms with van der Waals surface area (Å²) in [5.74, 6) is 1.89. The number of methoxy groups -OCH3 is 2. The molecule has 164 valence electrons. The summed E-state index contributed by atoms with van der Waals surface area (Å²) in [6.07, 6.45) is 4.27. The number of H-pyrrole nitrogens is 1. The normalized spacial score (nSPS) is 13.1. The van der Waals surface area contributed by atoms with E-state index in [4.69, 9.17) is 21.1 Å². The van der Waals surface area contributed by atoms with Gasteiger partial charge in [0.2, 0.25) is 5.91 Å². The van der Waals surface area contributed by atoms with Crippen molar-refractivity contribution >= 4 is 56.5 Å². The van der Waals surface area contributed by atoms with E-state index < -0.39 is 0 Å². The molecule has 2 aromatic heterocycles. The molecule has 0 bridgehead atoms. The molecule has 31 heavy (non-hydrogen) atoms. The summed E-state index contributed by atoms with van der Waals surface area (Å²) < 4.78 is 10.5. The fourth-order valence-electron chi connectivity index (χ4n) is 3.66. The maximum absolute atomic E-state index is 12.6. The Labute approximate surface area is 192 Å². The first-order chi connectivity index (χ1) is 15.0. The van der Waals surface area contributed by atoms with E-state index >= 15 is 0 Å². The number of hydrogen-bond donors (Lipinski definition) is 2. The van der Waals surface area contributed by atoms with Crippen molar-refractivity contribution in [1.82, 2.24) is 9.97 Å². The Bertz CT molecular complexity index is 1190. The number of fused-ring (bicyclic) bond motifs is 3. The predicted molar refractivity (Wildman–Crippen MR) is 126 cm³/mol. The number of aromatic nitrogens is 2. The third-order valence-corrected chi connectivity index (χ3v) is 7.52. The van der Waals surface area contributed by atoms with Crippen LogP contribution in [0.1, 0.15) is 29.1 Å². The molecule has 0 atom stereocenters. The number of carbonyl (C=O) groups is 1. The minimum atomic E-state index is -0.206. The van der Waals surface area contributed by atoms with Crippen LogP contribution in [0.2, 0.25) is 5.02 Å². The van der Waals surface area contributed by atoms with Crippen molar-refractivity contribution in [2.24, 2.45) is 0 Å². The molecule has 1 aliphatic carbocycles. The number of benzene rings is 1. The largest absolute Gasteiger partial charge is 0.495 e. The molecule has 7 nitrogen and oxygen atoms in total. The molecule has 0 unspecified atom stereocenters. The minimum Gasteiger partial charge on any atom is -0.495 e. The van der Waals surface area contributed by atoms with Gasteiger partial charge in [-0.15, -0.1) is 23.1 Å². The third kappa shape index (κ3) is 4.68. The number of amides is 1. The van der Waals surface area contributed by atoms with E-state index in [1.807, 2.05) is 0 Å². The van der Waals surface area contributed by atoms with E-state index in [9.17, 15) is 9.59 Å². The van der Waals surface area contributed by atoms with Crippen LogP contribution in [0.3, 0.4) is 0 Å². The van der Waals surface area contributed by atoms with Gasteiger partial charge in [-0.05, 0) is 31.2 Å². The Morgan fingerprint density at radius 3 is 2.81 bits per heavy atom. The number of aryl methyl sites for hydroxylation is 2. The monoisotopic (exact) mass is 479 g/mol. The zero-order valence-corrected chi connectivity index (χ0v) is 19.6. The van der Waals surface area contributed by atoms with Crippen molar-refractivity contribution in [1.29, 1.82) is 0 Å². The maximum atomic E-state index is 12.6. The van der Waals surface area contributed by atoms with Crippen LogP contribution in [0, 0.1) is 0 Å². The molecule has 3 aromatic rings. The van der Waals surface area contributed by atoms with Crippen LogP contribution >= 0.6 is 34.7 Å². The van der Waals surface area contributed by atoms with Crippen molar-refractivity contribution in [3.8, 4) is 11.5 Å². The number of thioether (sulfide) groups is 1. The first kappa shape index (κ1) is 22.0. The van der Waals surface area contributed by atoms with E-state index in [0.29, 0.717) is 33.8 Å². The number of nitrogens with one attached hydrogen (secondary N) is 2. The highest BCUT2D eigenvalue weighted by molar-refractivity contribution is 7.99. The molecule has 0 saturated heterocycles. The Hall–Kier alpha value is -2.23. The number of rotatable bonds is 7. The molecule has 0 spiro atoms. The van der Waals surface area contributed by atoms with Gasteiger partial charge in [0.05, 0.1) is 41.8 Å². The van der Waals surface area contributed by atoms with Crippen LogP contribution in [0.25, 0.3) is 10.2 Å². The van der Waals surface area contributed by atoms with E-state index in [-0.39, 0.29) is 17.2 Å². The predicted octanol–water partition coefficient (Wildman–Crippen LogP) is 4.41. The van der Waals surface area contributed by atoms with Gasteiger partial charge < -0.3 is 19.8 Å². The van der Waals surface area contributed by atoms with Gasteiger partial charge in [0, 0.05) is 17.0 Å². The van der Waals surface area contributed by atoms with Crippen LogP contribution in [0.5, 0.6) is 11.5 Å². The highest BCUT2D eigenvalue weighted by atomic mass is 35.5. The van der Waals surface area contributed by atoms with E-state index in [2.05, 4.69) is 15.3 Å².